The lowest BCUT2D eigenvalue weighted by Gasteiger charge is -2.30. The van der Waals surface area contributed by atoms with E-state index in [1.54, 1.807) is 0 Å². The summed E-state index contributed by atoms with van der Waals surface area (Å²) in [6, 6.07) is 17.4. The van der Waals surface area contributed by atoms with E-state index in [0.29, 0.717) is 4.88 Å². The van der Waals surface area contributed by atoms with Crippen LogP contribution in [-0.4, -0.2) is 23.5 Å². The number of carbonyl (C=O) groups excluding carboxylic acids is 1. The van der Waals surface area contributed by atoms with Gasteiger partial charge in [-0.2, -0.15) is 0 Å². The molecule has 1 unspecified atom stereocenters. The molecule has 0 spiro atoms. The van der Waals surface area contributed by atoms with Crippen molar-refractivity contribution in [2.75, 3.05) is 6.54 Å². The van der Waals surface area contributed by atoms with Crippen molar-refractivity contribution in [3.05, 3.63) is 75.0 Å². The summed E-state index contributed by atoms with van der Waals surface area (Å²) < 4.78 is 0. The fourth-order valence-electron chi connectivity index (χ4n) is 4.37. The van der Waals surface area contributed by atoms with Crippen LogP contribution in [0, 0.1) is 19.3 Å². The molecule has 3 rings (SSSR count). The summed E-state index contributed by atoms with van der Waals surface area (Å²) in [5.41, 5.74) is 6.46. The highest BCUT2D eigenvalue weighted by molar-refractivity contribution is 7.99. The summed E-state index contributed by atoms with van der Waals surface area (Å²) in [7, 11) is 0. The monoisotopic (exact) mass is 537 g/mol. The number of carboxylic acid groups (broad SMARTS) is 1. The first kappa shape index (κ1) is 29.0. The van der Waals surface area contributed by atoms with Gasteiger partial charge in [-0.25, -0.2) is 0 Å². The molecule has 1 amide bonds. The van der Waals surface area contributed by atoms with Gasteiger partial charge in [0.05, 0.1) is 11.3 Å². The van der Waals surface area contributed by atoms with Crippen molar-refractivity contribution in [3.8, 4) is 11.1 Å². The maximum absolute atomic E-state index is 12.5. The molecule has 6 heteroatoms. The zero-order valence-corrected chi connectivity index (χ0v) is 24.8. The highest BCUT2D eigenvalue weighted by Crippen LogP contribution is 2.50. The van der Waals surface area contributed by atoms with Crippen molar-refractivity contribution >= 4 is 35.0 Å². The summed E-state index contributed by atoms with van der Waals surface area (Å²) in [6.07, 6.45) is -0.0835. The SMILES string of the molecule is Cc1cc(SC(c2ccc(C(=O)NCCC(=O)O)s2)C(C)(C)C)cc(C)c1-c1ccc(C(C)(C)C)cc1. The smallest absolute Gasteiger partial charge is 0.305 e. The van der Waals surface area contributed by atoms with Gasteiger partial charge in [0.1, 0.15) is 0 Å². The minimum absolute atomic E-state index is 0.0319. The van der Waals surface area contributed by atoms with Crippen molar-refractivity contribution in [2.24, 2.45) is 5.41 Å². The van der Waals surface area contributed by atoms with Gasteiger partial charge < -0.3 is 10.4 Å². The van der Waals surface area contributed by atoms with E-state index < -0.39 is 5.97 Å². The average Bonchev–Trinajstić information content (AvgIpc) is 3.25. The van der Waals surface area contributed by atoms with Crippen LogP contribution in [0.15, 0.2) is 53.4 Å². The van der Waals surface area contributed by atoms with Crippen molar-refractivity contribution in [3.63, 3.8) is 0 Å². The molecular formula is C31H39NO3S2. The van der Waals surface area contributed by atoms with Crippen LogP contribution < -0.4 is 5.32 Å². The lowest BCUT2D eigenvalue weighted by Crippen LogP contribution is -2.25. The Morgan fingerprint density at radius 1 is 0.946 bits per heavy atom. The van der Waals surface area contributed by atoms with E-state index in [2.05, 4.69) is 97.1 Å². The lowest BCUT2D eigenvalue weighted by atomic mass is 9.85. The van der Waals surface area contributed by atoms with Crippen LogP contribution in [0.25, 0.3) is 11.1 Å². The maximum Gasteiger partial charge on any atom is 0.305 e. The highest BCUT2D eigenvalue weighted by Gasteiger charge is 2.30. The van der Waals surface area contributed by atoms with E-state index >= 15 is 0 Å². The molecule has 1 aromatic heterocycles. The van der Waals surface area contributed by atoms with Crippen LogP contribution in [0.2, 0.25) is 0 Å². The van der Waals surface area contributed by atoms with Crippen LogP contribution in [-0.2, 0) is 10.2 Å². The molecule has 0 radical (unpaired) electrons. The molecule has 0 fully saturated rings. The molecule has 0 aliphatic carbocycles. The lowest BCUT2D eigenvalue weighted by molar-refractivity contribution is -0.136. The fourth-order valence-corrected chi connectivity index (χ4v) is 7.12. The van der Waals surface area contributed by atoms with Crippen LogP contribution >= 0.6 is 23.1 Å². The number of benzene rings is 2. The topological polar surface area (TPSA) is 66.4 Å². The van der Waals surface area contributed by atoms with Crippen LogP contribution in [0.3, 0.4) is 0 Å². The van der Waals surface area contributed by atoms with Crippen LogP contribution in [0.1, 0.15) is 84.5 Å². The third-order valence-corrected chi connectivity index (χ3v) is 9.32. The first-order valence-corrected chi connectivity index (χ1v) is 14.3. The third-order valence-electron chi connectivity index (χ3n) is 6.32. The zero-order valence-electron chi connectivity index (χ0n) is 23.2. The Morgan fingerprint density at radius 3 is 2.05 bits per heavy atom. The predicted molar refractivity (Wildman–Crippen MR) is 157 cm³/mol. The minimum atomic E-state index is -0.921. The van der Waals surface area contributed by atoms with E-state index in [1.165, 1.54) is 44.0 Å². The largest absolute Gasteiger partial charge is 0.481 e. The number of thiophene rings is 1. The van der Waals surface area contributed by atoms with Gasteiger partial charge in [-0.1, -0.05) is 65.8 Å². The van der Waals surface area contributed by atoms with Gasteiger partial charge in [0.25, 0.3) is 5.91 Å². The van der Waals surface area contributed by atoms with Gasteiger partial charge in [-0.15, -0.1) is 23.1 Å². The first-order valence-electron chi connectivity index (χ1n) is 12.7. The Morgan fingerprint density at radius 2 is 1.54 bits per heavy atom. The van der Waals surface area contributed by atoms with Gasteiger partial charge in [-0.3, -0.25) is 9.59 Å². The number of carbonyl (C=O) groups is 2. The third kappa shape index (κ3) is 7.48. The number of rotatable bonds is 8. The molecule has 37 heavy (non-hydrogen) atoms. The molecule has 1 atom stereocenters. The molecule has 3 aromatic rings. The van der Waals surface area contributed by atoms with Crippen LogP contribution in [0.5, 0.6) is 0 Å². The second-order valence-corrected chi connectivity index (χ2v) is 14.0. The molecule has 2 N–H and O–H groups in total. The Balaban J connectivity index is 1.84. The normalized spacial score (nSPS) is 12.9. The molecule has 4 nitrogen and oxygen atoms in total. The predicted octanol–water partition coefficient (Wildman–Crippen LogP) is 8.41. The molecule has 0 saturated heterocycles. The Kier molecular flexibility index (Phi) is 8.97. The molecule has 1 heterocycles. The molecule has 0 aliphatic rings. The number of hydrogen-bond donors (Lipinski definition) is 2. The number of amides is 1. The Labute approximate surface area is 229 Å². The minimum Gasteiger partial charge on any atom is -0.481 e. The number of carboxylic acids is 1. The van der Waals surface area contributed by atoms with Crippen LogP contribution in [0.4, 0.5) is 0 Å². The van der Waals surface area contributed by atoms with Gasteiger partial charge in [0, 0.05) is 21.6 Å². The van der Waals surface area contributed by atoms with E-state index in [0.717, 1.165) is 4.88 Å². The van der Waals surface area contributed by atoms with Gasteiger partial charge in [0.15, 0.2) is 0 Å². The molecule has 0 saturated carbocycles. The van der Waals surface area contributed by atoms with Gasteiger partial charge >= 0.3 is 5.97 Å². The average molecular weight is 538 g/mol. The van der Waals surface area contributed by atoms with Crippen molar-refractivity contribution in [1.29, 1.82) is 0 Å². The first-order chi connectivity index (χ1) is 17.2. The quantitative estimate of drug-likeness (QED) is 0.283. The summed E-state index contributed by atoms with van der Waals surface area (Å²) >= 11 is 3.32. The van der Waals surface area contributed by atoms with E-state index in [9.17, 15) is 9.59 Å². The molecule has 2 aromatic carbocycles. The van der Waals surface area contributed by atoms with Crippen molar-refractivity contribution < 1.29 is 14.7 Å². The number of thioether (sulfide) groups is 1. The fraction of sp³-hybridized carbons (Fsp3) is 0.419. The second kappa shape index (κ2) is 11.4. The molecule has 0 bridgehead atoms. The highest BCUT2D eigenvalue weighted by atomic mass is 32.2. The van der Waals surface area contributed by atoms with Crippen molar-refractivity contribution in [2.45, 2.75) is 77.4 Å². The molecular weight excluding hydrogens is 498 g/mol. The number of hydrogen-bond acceptors (Lipinski definition) is 4. The Hall–Kier alpha value is -2.57. The number of aryl methyl sites for hydroxylation is 2. The van der Waals surface area contributed by atoms with E-state index in [-0.39, 0.29) is 35.0 Å². The summed E-state index contributed by atoms with van der Waals surface area (Å²) in [6.45, 7) is 17.9. The summed E-state index contributed by atoms with van der Waals surface area (Å²) in [5, 5.41) is 11.7. The summed E-state index contributed by atoms with van der Waals surface area (Å²) in [4.78, 5) is 26.2. The standard InChI is InChI=1S/C31H39NO3S2/c1-19-17-23(18-20(2)27(19)21-9-11-22(12-10-21)30(3,4)5)36-28(31(6,7)8)24-13-14-25(37-24)29(35)32-16-15-26(33)34/h9-14,17-18,28H,15-16H2,1-8H3,(H,32,35)(H,33,34). The zero-order chi connectivity index (χ0) is 27.5. The molecule has 198 valence electrons. The van der Waals surface area contributed by atoms with E-state index in [4.69, 9.17) is 5.11 Å². The van der Waals surface area contributed by atoms with Gasteiger partial charge in [0.2, 0.25) is 0 Å². The van der Waals surface area contributed by atoms with E-state index in [1.807, 2.05) is 23.9 Å². The maximum atomic E-state index is 12.5. The summed E-state index contributed by atoms with van der Waals surface area (Å²) in [5.74, 6) is -1.14. The number of aliphatic carboxylic acids is 1. The second-order valence-electron chi connectivity index (χ2n) is 11.7. The molecule has 0 aliphatic heterocycles. The van der Waals surface area contributed by atoms with Crippen molar-refractivity contribution in [1.82, 2.24) is 5.32 Å². The Bertz CT molecular complexity index is 1240. The number of nitrogens with one attached hydrogen (secondary N) is 1. The van der Waals surface area contributed by atoms with Gasteiger partial charge in [-0.05, 0) is 76.8 Å².